The van der Waals surface area contributed by atoms with Crippen molar-refractivity contribution < 1.29 is 34.8 Å². The Hall–Kier alpha value is -3.72. The number of benzene rings is 3. The number of phenols is 1. The lowest BCUT2D eigenvalue weighted by Crippen LogP contribution is -2.50. The van der Waals surface area contributed by atoms with Gasteiger partial charge in [0.1, 0.15) is 5.75 Å². The Labute approximate surface area is 203 Å². The van der Waals surface area contributed by atoms with Gasteiger partial charge in [0, 0.05) is 18.9 Å². The summed E-state index contributed by atoms with van der Waals surface area (Å²) in [6.07, 6.45) is 0.00383. The fourth-order valence-electron chi connectivity index (χ4n) is 4.04. The van der Waals surface area contributed by atoms with Crippen LogP contribution in [0.5, 0.6) is 5.75 Å². The van der Waals surface area contributed by atoms with Crippen LogP contribution in [0.25, 0.3) is 0 Å². The van der Waals surface area contributed by atoms with Crippen LogP contribution in [0.4, 0.5) is 0 Å². The molecule has 184 valence electrons. The first kappa shape index (κ1) is 25.9. The van der Waals surface area contributed by atoms with Crippen molar-refractivity contribution in [1.82, 2.24) is 5.32 Å². The number of nitrogens with one attached hydrogen (secondary N) is 1. The summed E-state index contributed by atoms with van der Waals surface area (Å²) >= 11 is 0. The third-order valence-electron chi connectivity index (χ3n) is 5.80. The first-order valence-electron chi connectivity index (χ1n) is 11.2. The molecule has 3 aromatic rings. The number of aliphatic carboxylic acids is 2. The predicted molar refractivity (Wildman–Crippen MR) is 129 cm³/mol. The molecule has 0 saturated carbocycles. The Balaban J connectivity index is 0.000000509. The van der Waals surface area contributed by atoms with Crippen molar-refractivity contribution in [3.63, 3.8) is 0 Å². The van der Waals surface area contributed by atoms with Gasteiger partial charge in [0.2, 0.25) is 0 Å². The molecule has 1 aliphatic heterocycles. The zero-order valence-electron chi connectivity index (χ0n) is 19.0. The fourth-order valence-corrected chi connectivity index (χ4v) is 4.04. The van der Waals surface area contributed by atoms with Crippen molar-refractivity contribution in [2.75, 3.05) is 6.61 Å². The van der Waals surface area contributed by atoms with Crippen molar-refractivity contribution in [2.45, 2.75) is 37.1 Å². The molecule has 0 aliphatic carbocycles. The summed E-state index contributed by atoms with van der Waals surface area (Å²) in [6, 6.07) is 27.7. The van der Waals surface area contributed by atoms with Gasteiger partial charge in [0.05, 0.1) is 24.9 Å². The fraction of sp³-hybridized carbons (Fsp3) is 0.259. The molecule has 0 aromatic heterocycles. The molecular weight excluding hydrogens is 450 g/mol. The van der Waals surface area contributed by atoms with E-state index in [4.69, 9.17) is 24.5 Å². The van der Waals surface area contributed by atoms with Crippen molar-refractivity contribution >= 4 is 11.9 Å². The van der Waals surface area contributed by atoms with E-state index in [1.54, 1.807) is 12.1 Å². The number of ether oxygens (including phenoxy) is 1. The van der Waals surface area contributed by atoms with Gasteiger partial charge in [-0.1, -0.05) is 72.8 Å². The van der Waals surface area contributed by atoms with Crippen molar-refractivity contribution in [2.24, 2.45) is 0 Å². The molecule has 1 aliphatic rings. The molecule has 0 amide bonds. The van der Waals surface area contributed by atoms with E-state index >= 15 is 0 Å². The van der Waals surface area contributed by atoms with E-state index in [9.17, 15) is 10.2 Å². The minimum atomic E-state index is -1.82. The maximum absolute atomic E-state index is 10.8. The minimum Gasteiger partial charge on any atom is -0.508 e. The molecule has 8 nitrogen and oxygen atoms in total. The number of hydrogen-bond acceptors (Lipinski definition) is 6. The van der Waals surface area contributed by atoms with Crippen LogP contribution in [0.3, 0.4) is 0 Å². The highest BCUT2D eigenvalue weighted by molar-refractivity contribution is 6.27. The molecule has 3 atom stereocenters. The van der Waals surface area contributed by atoms with E-state index in [-0.39, 0.29) is 23.8 Å². The van der Waals surface area contributed by atoms with E-state index in [0.717, 1.165) is 5.56 Å². The number of carboxylic acids is 2. The molecule has 8 heteroatoms. The normalized spacial score (nSPS) is 19.4. The number of aliphatic hydroxyl groups excluding tert-OH is 1. The second kappa shape index (κ2) is 12.7. The first-order chi connectivity index (χ1) is 16.8. The van der Waals surface area contributed by atoms with E-state index in [2.05, 4.69) is 29.6 Å². The van der Waals surface area contributed by atoms with E-state index < -0.39 is 18.0 Å². The summed E-state index contributed by atoms with van der Waals surface area (Å²) in [4.78, 5) is 18.2. The van der Waals surface area contributed by atoms with Gasteiger partial charge in [-0.25, -0.2) is 9.59 Å². The monoisotopic (exact) mass is 479 g/mol. The molecule has 1 fully saturated rings. The summed E-state index contributed by atoms with van der Waals surface area (Å²) in [5.41, 5.74) is 3.46. The highest BCUT2D eigenvalue weighted by atomic mass is 16.5. The quantitative estimate of drug-likeness (QED) is 0.341. The highest BCUT2D eigenvalue weighted by Gasteiger charge is 2.35. The van der Waals surface area contributed by atoms with Gasteiger partial charge < -0.3 is 30.5 Å². The Bertz CT molecular complexity index is 1020. The van der Waals surface area contributed by atoms with Gasteiger partial charge in [-0.15, -0.1) is 0 Å². The molecule has 1 saturated heterocycles. The van der Waals surface area contributed by atoms with Crippen molar-refractivity contribution in [3.05, 3.63) is 102 Å². The molecule has 0 bridgehead atoms. The molecule has 0 unspecified atom stereocenters. The number of rotatable bonds is 6. The summed E-state index contributed by atoms with van der Waals surface area (Å²) in [7, 11) is 0. The van der Waals surface area contributed by atoms with Gasteiger partial charge in [-0.3, -0.25) is 0 Å². The highest BCUT2D eigenvalue weighted by Crippen LogP contribution is 2.34. The van der Waals surface area contributed by atoms with Crippen LogP contribution in [0.1, 0.15) is 29.0 Å². The summed E-state index contributed by atoms with van der Waals surface area (Å²) < 4.78 is 6.28. The molecule has 35 heavy (non-hydrogen) atoms. The van der Waals surface area contributed by atoms with Crippen molar-refractivity contribution in [1.29, 1.82) is 0 Å². The molecule has 4 rings (SSSR count). The number of aliphatic hydroxyl groups is 1. The van der Waals surface area contributed by atoms with Crippen LogP contribution in [0.2, 0.25) is 0 Å². The Morgan fingerprint density at radius 3 is 1.83 bits per heavy atom. The Morgan fingerprint density at radius 2 is 1.37 bits per heavy atom. The SMILES string of the molecule is O=C(O)C(=O)O.Oc1ccc(CN[C@@H]2CO[C@H](C(c3ccccc3)c3ccccc3)C[C@H]2O)cc1. The van der Waals surface area contributed by atoms with Crippen LogP contribution in [0.15, 0.2) is 84.9 Å². The maximum atomic E-state index is 10.8. The molecule has 1 heterocycles. The second-order valence-corrected chi connectivity index (χ2v) is 8.24. The summed E-state index contributed by atoms with van der Waals surface area (Å²) in [6.45, 7) is 1.08. The van der Waals surface area contributed by atoms with Crippen LogP contribution >= 0.6 is 0 Å². The third kappa shape index (κ3) is 7.65. The van der Waals surface area contributed by atoms with Crippen LogP contribution in [-0.2, 0) is 20.9 Å². The molecule has 3 aromatic carbocycles. The Morgan fingerprint density at radius 1 is 0.857 bits per heavy atom. The standard InChI is InChI=1S/C25H27NO3.C2H2O4/c27-21-13-11-18(12-14-21)16-26-22-17-29-24(15-23(22)28)25(19-7-3-1-4-8-19)20-9-5-2-6-10-20;3-1(4)2(5)6/h1-14,22-28H,15-17H2;(H,3,4)(H,5,6)/t22-,23-,24+;/m1./s1. The van der Waals surface area contributed by atoms with Gasteiger partial charge >= 0.3 is 11.9 Å². The second-order valence-electron chi connectivity index (χ2n) is 8.24. The zero-order chi connectivity index (χ0) is 25.2. The summed E-state index contributed by atoms with van der Waals surface area (Å²) in [5.74, 6) is -3.31. The van der Waals surface area contributed by atoms with Gasteiger partial charge in [-0.05, 0) is 28.8 Å². The predicted octanol–water partition coefficient (Wildman–Crippen LogP) is 2.99. The maximum Gasteiger partial charge on any atom is 0.414 e. The number of aromatic hydroxyl groups is 1. The van der Waals surface area contributed by atoms with E-state index in [1.807, 2.05) is 48.5 Å². The van der Waals surface area contributed by atoms with Gasteiger partial charge in [0.15, 0.2) is 0 Å². The molecule has 5 N–H and O–H groups in total. The number of phenolic OH excluding ortho intramolecular Hbond substituents is 1. The largest absolute Gasteiger partial charge is 0.508 e. The topological polar surface area (TPSA) is 136 Å². The van der Waals surface area contributed by atoms with Crippen LogP contribution < -0.4 is 5.32 Å². The van der Waals surface area contributed by atoms with Crippen LogP contribution in [-0.4, -0.2) is 57.2 Å². The number of carboxylic acid groups (broad SMARTS) is 2. The van der Waals surface area contributed by atoms with Gasteiger partial charge in [-0.2, -0.15) is 0 Å². The summed E-state index contributed by atoms with van der Waals surface area (Å²) in [5, 5.41) is 38.4. The smallest absolute Gasteiger partial charge is 0.414 e. The lowest BCUT2D eigenvalue weighted by Gasteiger charge is -2.38. The molecular formula is C27H29NO7. The molecule has 0 radical (unpaired) electrons. The van der Waals surface area contributed by atoms with Gasteiger partial charge in [0.25, 0.3) is 0 Å². The Kier molecular flexibility index (Phi) is 9.37. The lowest BCUT2D eigenvalue weighted by atomic mass is 9.82. The average molecular weight is 480 g/mol. The average Bonchev–Trinajstić information content (AvgIpc) is 2.86. The van der Waals surface area contributed by atoms with E-state index in [0.29, 0.717) is 19.6 Å². The third-order valence-corrected chi connectivity index (χ3v) is 5.80. The first-order valence-corrected chi connectivity index (χ1v) is 11.2. The number of carbonyl (C=O) groups is 2. The lowest BCUT2D eigenvalue weighted by molar-refractivity contribution is -0.159. The van der Waals surface area contributed by atoms with Crippen LogP contribution in [0, 0.1) is 0 Å². The molecule has 0 spiro atoms. The van der Waals surface area contributed by atoms with E-state index in [1.165, 1.54) is 11.1 Å². The van der Waals surface area contributed by atoms with Crippen molar-refractivity contribution in [3.8, 4) is 5.75 Å². The minimum absolute atomic E-state index is 0.0819. The zero-order valence-corrected chi connectivity index (χ0v) is 19.0. The number of hydrogen-bond donors (Lipinski definition) is 5.